The van der Waals surface area contributed by atoms with Crippen molar-refractivity contribution in [1.29, 1.82) is 0 Å². The summed E-state index contributed by atoms with van der Waals surface area (Å²) >= 11 is 6.75. The summed E-state index contributed by atoms with van der Waals surface area (Å²) in [7, 11) is 1.49. The van der Waals surface area contributed by atoms with Crippen LogP contribution in [0.15, 0.2) is 105 Å². The Hall–Kier alpha value is -4.48. The lowest BCUT2D eigenvalue weighted by atomic mass is 10.2. The second-order valence-electron chi connectivity index (χ2n) is 8.22. The molecule has 4 aromatic rings. The van der Waals surface area contributed by atoms with Crippen LogP contribution in [0.2, 0.25) is 0 Å². The minimum absolute atomic E-state index is 0.00562. The Balaban J connectivity index is 1.46. The predicted octanol–water partition coefficient (Wildman–Crippen LogP) is 6.19. The molecule has 0 saturated carbocycles. The van der Waals surface area contributed by atoms with Crippen LogP contribution < -0.4 is 24.4 Å². The number of hydrazone groups is 1. The third kappa shape index (κ3) is 8.26. The molecule has 0 aliphatic heterocycles. The van der Waals surface area contributed by atoms with E-state index in [4.69, 9.17) is 18.9 Å². The molecule has 41 heavy (non-hydrogen) atoms. The minimum atomic E-state index is -0.642. The third-order valence-corrected chi connectivity index (χ3v) is 6.38. The van der Waals surface area contributed by atoms with Crippen molar-refractivity contribution in [2.45, 2.75) is 0 Å². The maximum atomic E-state index is 12.7. The fraction of sp³-hybridized carbons (Fsp3) is 0.0667. The van der Waals surface area contributed by atoms with Gasteiger partial charge in [0.25, 0.3) is 5.91 Å². The monoisotopic (exact) mass is 680 g/mol. The number of amides is 1. The zero-order chi connectivity index (χ0) is 29.2. The molecule has 0 fully saturated rings. The Kier molecular flexibility index (Phi) is 10.2. The number of hydrogen-bond acceptors (Lipinski definition) is 8. The van der Waals surface area contributed by atoms with E-state index in [0.29, 0.717) is 32.7 Å². The highest BCUT2D eigenvalue weighted by atomic mass is 79.9. The summed E-state index contributed by atoms with van der Waals surface area (Å²) < 4.78 is 23.3. The third-order valence-electron chi connectivity index (χ3n) is 5.34. The van der Waals surface area contributed by atoms with Gasteiger partial charge in [-0.2, -0.15) is 5.10 Å². The van der Waals surface area contributed by atoms with Crippen LogP contribution in [0.1, 0.15) is 26.3 Å². The van der Waals surface area contributed by atoms with Gasteiger partial charge in [-0.05, 0) is 76.1 Å². The molecule has 0 unspecified atom stereocenters. The van der Waals surface area contributed by atoms with Crippen LogP contribution >= 0.6 is 31.9 Å². The maximum absolute atomic E-state index is 12.7. The number of carbonyl (C=O) groups is 3. The highest BCUT2D eigenvalue weighted by Gasteiger charge is 2.17. The van der Waals surface area contributed by atoms with Crippen LogP contribution in [-0.4, -0.2) is 37.8 Å². The number of hydrogen-bond donors (Lipinski definition) is 1. The fourth-order valence-corrected chi connectivity index (χ4v) is 4.71. The van der Waals surface area contributed by atoms with Gasteiger partial charge in [-0.1, -0.05) is 52.3 Å². The second-order valence-corrected chi connectivity index (χ2v) is 9.99. The lowest BCUT2D eigenvalue weighted by molar-refractivity contribution is -0.123. The zero-order valence-corrected chi connectivity index (χ0v) is 24.7. The second kappa shape index (κ2) is 14.2. The highest BCUT2D eigenvalue weighted by molar-refractivity contribution is 9.11. The van der Waals surface area contributed by atoms with Crippen molar-refractivity contribution in [3.8, 4) is 23.0 Å². The number of carbonyl (C=O) groups excluding carboxylic acids is 3. The first-order chi connectivity index (χ1) is 19.8. The van der Waals surface area contributed by atoms with Crippen molar-refractivity contribution in [2.24, 2.45) is 5.10 Å². The summed E-state index contributed by atoms with van der Waals surface area (Å²) in [4.78, 5) is 37.7. The molecule has 0 spiro atoms. The van der Waals surface area contributed by atoms with Crippen LogP contribution in [-0.2, 0) is 4.79 Å². The smallest absolute Gasteiger partial charge is 0.343 e. The van der Waals surface area contributed by atoms with Gasteiger partial charge in [-0.15, -0.1) is 0 Å². The number of benzene rings is 4. The molecule has 9 nitrogen and oxygen atoms in total. The normalized spacial score (nSPS) is 10.6. The Labute approximate surface area is 252 Å². The molecule has 4 rings (SSSR count). The molecule has 0 atom stereocenters. The standard InChI is InChI=1S/C30H22Br2N2O7/c1-38-26-16-22(31)15-23(32)28(26)39-18-27(35)34-33-17-19-12-13-24(40-29(36)20-8-4-2-5-9-20)25(14-19)41-30(37)21-10-6-3-7-11-21/h2-17H,18H2,1H3,(H,34,35)/b33-17+. The molecule has 0 aliphatic carbocycles. The van der Waals surface area contributed by atoms with Crippen molar-refractivity contribution in [3.05, 3.63) is 117 Å². The Morgan fingerprint density at radius 3 is 2.00 bits per heavy atom. The molecular formula is C30H22Br2N2O7. The van der Waals surface area contributed by atoms with E-state index >= 15 is 0 Å². The average Bonchev–Trinajstić information content (AvgIpc) is 2.98. The van der Waals surface area contributed by atoms with Crippen molar-refractivity contribution in [3.63, 3.8) is 0 Å². The van der Waals surface area contributed by atoms with Gasteiger partial charge in [0.1, 0.15) is 0 Å². The maximum Gasteiger partial charge on any atom is 0.343 e. The van der Waals surface area contributed by atoms with Crippen molar-refractivity contribution in [1.82, 2.24) is 5.43 Å². The summed E-state index contributed by atoms with van der Waals surface area (Å²) in [6.07, 6.45) is 1.34. The average molecular weight is 682 g/mol. The van der Waals surface area contributed by atoms with Crippen LogP contribution in [0, 0.1) is 0 Å². The molecular weight excluding hydrogens is 660 g/mol. The number of nitrogens with one attached hydrogen (secondary N) is 1. The van der Waals surface area contributed by atoms with E-state index in [1.807, 2.05) is 0 Å². The fourth-order valence-electron chi connectivity index (χ4n) is 3.41. The lowest BCUT2D eigenvalue weighted by Crippen LogP contribution is -2.24. The molecule has 4 aromatic carbocycles. The van der Waals surface area contributed by atoms with Crippen molar-refractivity contribution in [2.75, 3.05) is 13.7 Å². The summed E-state index contributed by atoms with van der Waals surface area (Å²) in [5, 5.41) is 3.95. The summed E-state index contributed by atoms with van der Waals surface area (Å²) in [5.74, 6) is -0.960. The molecule has 208 valence electrons. The van der Waals surface area contributed by atoms with E-state index in [1.54, 1.807) is 78.9 Å². The SMILES string of the molecule is COc1cc(Br)cc(Br)c1OCC(=O)N/N=C/c1ccc(OC(=O)c2ccccc2)c(OC(=O)c2ccccc2)c1. The molecule has 0 aromatic heterocycles. The van der Waals surface area contributed by atoms with Gasteiger partial charge in [-0.3, -0.25) is 4.79 Å². The predicted molar refractivity (Wildman–Crippen MR) is 159 cm³/mol. The van der Waals surface area contributed by atoms with E-state index < -0.39 is 17.8 Å². The van der Waals surface area contributed by atoms with Crippen LogP contribution in [0.25, 0.3) is 0 Å². The van der Waals surface area contributed by atoms with Crippen molar-refractivity contribution < 1.29 is 33.3 Å². The minimum Gasteiger partial charge on any atom is -0.493 e. The molecule has 1 amide bonds. The number of halogens is 2. The highest BCUT2D eigenvalue weighted by Crippen LogP contribution is 2.38. The van der Waals surface area contributed by atoms with Gasteiger partial charge in [-0.25, -0.2) is 15.0 Å². The van der Waals surface area contributed by atoms with Gasteiger partial charge < -0.3 is 18.9 Å². The van der Waals surface area contributed by atoms with Gasteiger partial charge in [0.2, 0.25) is 0 Å². The van der Waals surface area contributed by atoms with Crippen LogP contribution in [0.5, 0.6) is 23.0 Å². The summed E-state index contributed by atoms with van der Waals surface area (Å²) in [5.41, 5.74) is 3.47. The first-order valence-electron chi connectivity index (χ1n) is 12.0. The molecule has 1 N–H and O–H groups in total. The topological polar surface area (TPSA) is 113 Å². The first-order valence-corrected chi connectivity index (χ1v) is 13.6. The van der Waals surface area contributed by atoms with E-state index in [-0.39, 0.29) is 18.1 Å². The molecule has 0 bridgehead atoms. The summed E-state index contributed by atoms with van der Waals surface area (Å²) in [6.45, 7) is -0.331. The number of nitrogens with zero attached hydrogens (tertiary/aromatic N) is 1. The quantitative estimate of drug-likeness (QED) is 0.0920. The molecule has 0 aliphatic rings. The molecule has 0 saturated heterocycles. The van der Waals surface area contributed by atoms with E-state index in [1.165, 1.54) is 25.5 Å². The van der Waals surface area contributed by atoms with E-state index in [9.17, 15) is 14.4 Å². The van der Waals surface area contributed by atoms with Crippen LogP contribution in [0.4, 0.5) is 0 Å². The Morgan fingerprint density at radius 2 is 1.39 bits per heavy atom. The van der Waals surface area contributed by atoms with E-state index in [0.717, 1.165) is 4.47 Å². The number of methoxy groups -OCH3 is 1. The Bertz CT molecular complexity index is 1580. The summed E-state index contributed by atoms with van der Waals surface area (Å²) in [6, 6.07) is 24.8. The van der Waals surface area contributed by atoms with Crippen molar-refractivity contribution >= 4 is 55.9 Å². The molecule has 0 heterocycles. The molecule has 0 radical (unpaired) electrons. The molecule has 11 heteroatoms. The lowest BCUT2D eigenvalue weighted by Gasteiger charge is -2.12. The van der Waals surface area contributed by atoms with Crippen LogP contribution in [0.3, 0.4) is 0 Å². The van der Waals surface area contributed by atoms with Gasteiger partial charge in [0.15, 0.2) is 29.6 Å². The number of rotatable bonds is 10. The van der Waals surface area contributed by atoms with Gasteiger partial charge >= 0.3 is 11.9 Å². The largest absolute Gasteiger partial charge is 0.493 e. The van der Waals surface area contributed by atoms with E-state index in [2.05, 4.69) is 42.4 Å². The number of ether oxygens (including phenoxy) is 4. The van der Waals surface area contributed by atoms with Gasteiger partial charge in [0.05, 0.1) is 28.9 Å². The van der Waals surface area contributed by atoms with Gasteiger partial charge in [0, 0.05) is 4.47 Å². The number of esters is 2. The Morgan fingerprint density at radius 1 is 0.780 bits per heavy atom. The first kappa shape index (κ1) is 29.5. The zero-order valence-electron chi connectivity index (χ0n) is 21.5.